The Morgan fingerprint density at radius 2 is 1.90 bits per heavy atom. The number of fused-ring (bicyclic) bond motifs is 1. The number of carbonyl (C=O) groups is 2. The first-order chi connectivity index (χ1) is 13.8. The van der Waals surface area contributed by atoms with Gasteiger partial charge >= 0.3 is 11.7 Å². The standard InChI is InChI=1S/C21H17ClN2O5/c1-21(15-5-3-4-6-16(15)22)19(26)24(20(27)23-21)11-12-9-18(25)29-17-10-13(28-2)7-8-14(12)17/h3-10H,11H2,1-2H3,(H,23,27). The average molecular weight is 413 g/mol. The van der Waals surface area contributed by atoms with Crippen molar-refractivity contribution in [1.82, 2.24) is 10.2 Å². The van der Waals surface area contributed by atoms with E-state index in [9.17, 15) is 14.4 Å². The monoisotopic (exact) mass is 412 g/mol. The van der Waals surface area contributed by atoms with Gasteiger partial charge in [-0.15, -0.1) is 0 Å². The van der Waals surface area contributed by atoms with Gasteiger partial charge in [0.05, 0.1) is 13.7 Å². The van der Waals surface area contributed by atoms with E-state index in [0.29, 0.717) is 32.9 Å². The smallest absolute Gasteiger partial charge is 0.336 e. The summed E-state index contributed by atoms with van der Waals surface area (Å²) in [5.41, 5.74) is -0.571. The third-order valence-corrected chi connectivity index (χ3v) is 5.38. The molecule has 4 rings (SSSR count). The van der Waals surface area contributed by atoms with Crippen LogP contribution in [0.3, 0.4) is 0 Å². The molecular formula is C21H17ClN2O5. The highest BCUT2D eigenvalue weighted by Gasteiger charge is 2.49. The number of amides is 3. The SMILES string of the molecule is COc1ccc2c(CN3C(=O)NC(C)(c4ccccc4Cl)C3=O)cc(=O)oc2c1. The second kappa shape index (κ2) is 6.93. The third kappa shape index (κ3) is 3.13. The number of carbonyl (C=O) groups excluding carboxylic acids is 2. The molecule has 3 amide bonds. The first-order valence-electron chi connectivity index (χ1n) is 8.83. The van der Waals surface area contributed by atoms with E-state index in [1.165, 1.54) is 13.2 Å². The summed E-state index contributed by atoms with van der Waals surface area (Å²) in [4.78, 5) is 38.9. The van der Waals surface area contributed by atoms with Gasteiger partial charge < -0.3 is 14.5 Å². The summed E-state index contributed by atoms with van der Waals surface area (Å²) >= 11 is 6.25. The topological polar surface area (TPSA) is 88.9 Å². The number of hydrogen-bond acceptors (Lipinski definition) is 5. The number of hydrogen-bond donors (Lipinski definition) is 1. The lowest BCUT2D eigenvalue weighted by Crippen LogP contribution is -2.41. The molecule has 0 radical (unpaired) electrons. The van der Waals surface area contributed by atoms with Crippen LogP contribution in [-0.4, -0.2) is 23.9 Å². The molecule has 3 aromatic rings. The summed E-state index contributed by atoms with van der Waals surface area (Å²) in [6, 6.07) is 12.6. The Balaban J connectivity index is 1.74. The molecule has 1 fully saturated rings. The molecule has 1 aliphatic rings. The number of nitrogens with one attached hydrogen (secondary N) is 1. The summed E-state index contributed by atoms with van der Waals surface area (Å²) in [5, 5.41) is 3.71. The molecule has 148 valence electrons. The molecule has 29 heavy (non-hydrogen) atoms. The van der Waals surface area contributed by atoms with Crippen LogP contribution < -0.4 is 15.7 Å². The van der Waals surface area contributed by atoms with Crippen LogP contribution in [0.15, 0.2) is 57.7 Å². The number of halogens is 1. The molecule has 1 N–H and O–H groups in total. The Morgan fingerprint density at radius 3 is 2.62 bits per heavy atom. The van der Waals surface area contributed by atoms with E-state index in [1.54, 1.807) is 49.4 Å². The van der Waals surface area contributed by atoms with Gasteiger partial charge in [-0.2, -0.15) is 0 Å². The van der Waals surface area contributed by atoms with Crippen molar-refractivity contribution in [2.45, 2.75) is 19.0 Å². The number of benzene rings is 2. The molecule has 1 aromatic heterocycles. The second-order valence-corrected chi connectivity index (χ2v) is 7.29. The zero-order valence-electron chi connectivity index (χ0n) is 15.7. The van der Waals surface area contributed by atoms with E-state index in [0.717, 1.165) is 4.90 Å². The van der Waals surface area contributed by atoms with Crippen molar-refractivity contribution in [3.8, 4) is 5.75 Å². The normalized spacial score (nSPS) is 18.9. The molecule has 0 spiro atoms. The fourth-order valence-electron chi connectivity index (χ4n) is 3.53. The maximum Gasteiger partial charge on any atom is 0.336 e. The molecule has 0 bridgehead atoms. The van der Waals surface area contributed by atoms with E-state index in [1.807, 2.05) is 0 Å². The predicted molar refractivity (Wildman–Crippen MR) is 107 cm³/mol. The number of rotatable bonds is 4. The lowest BCUT2D eigenvalue weighted by Gasteiger charge is -2.23. The molecule has 2 heterocycles. The molecule has 1 atom stereocenters. The van der Waals surface area contributed by atoms with Gasteiger partial charge in [0.25, 0.3) is 5.91 Å². The molecule has 0 saturated carbocycles. The Bertz CT molecular complexity index is 1210. The summed E-state index contributed by atoms with van der Waals surface area (Å²) in [6.45, 7) is 1.52. The van der Waals surface area contributed by atoms with Crippen molar-refractivity contribution in [1.29, 1.82) is 0 Å². The molecule has 8 heteroatoms. The first kappa shape index (κ1) is 19.0. The van der Waals surface area contributed by atoms with Gasteiger partial charge in [-0.05, 0) is 30.7 Å². The van der Waals surface area contributed by atoms with Crippen LogP contribution in [0.4, 0.5) is 4.79 Å². The van der Waals surface area contributed by atoms with Gasteiger partial charge in [-0.25, -0.2) is 9.59 Å². The van der Waals surface area contributed by atoms with Crippen LogP contribution in [0.2, 0.25) is 5.02 Å². The molecule has 1 saturated heterocycles. The van der Waals surface area contributed by atoms with Crippen LogP contribution in [0.5, 0.6) is 5.75 Å². The summed E-state index contributed by atoms with van der Waals surface area (Å²) in [7, 11) is 1.51. The Morgan fingerprint density at radius 1 is 1.14 bits per heavy atom. The van der Waals surface area contributed by atoms with Crippen molar-refractivity contribution in [2.24, 2.45) is 0 Å². The third-order valence-electron chi connectivity index (χ3n) is 5.05. The van der Waals surface area contributed by atoms with E-state index in [-0.39, 0.29) is 6.54 Å². The Labute approximate surface area is 170 Å². The van der Waals surface area contributed by atoms with Gasteiger partial charge in [0.2, 0.25) is 0 Å². The van der Waals surface area contributed by atoms with Crippen molar-refractivity contribution >= 4 is 34.5 Å². The van der Waals surface area contributed by atoms with Gasteiger partial charge in [0.15, 0.2) is 0 Å². The quantitative estimate of drug-likeness (QED) is 0.524. The van der Waals surface area contributed by atoms with E-state index < -0.39 is 23.1 Å². The number of nitrogens with zero attached hydrogens (tertiary/aromatic N) is 1. The van der Waals surface area contributed by atoms with Crippen LogP contribution in [-0.2, 0) is 16.9 Å². The highest BCUT2D eigenvalue weighted by atomic mass is 35.5. The number of ether oxygens (including phenoxy) is 1. The fraction of sp³-hybridized carbons (Fsp3) is 0.190. The summed E-state index contributed by atoms with van der Waals surface area (Å²) < 4.78 is 10.4. The van der Waals surface area contributed by atoms with Crippen LogP contribution >= 0.6 is 11.6 Å². The average Bonchev–Trinajstić information content (AvgIpc) is 2.91. The van der Waals surface area contributed by atoms with E-state index >= 15 is 0 Å². The highest BCUT2D eigenvalue weighted by molar-refractivity contribution is 6.32. The van der Waals surface area contributed by atoms with Crippen molar-refractivity contribution in [2.75, 3.05) is 7.11 Å². The largest absolute Gasteiger partial charge is 0.497 e. The van der Waals surface area contributed by atoms with Crippen LogP contribution in [0.25, 0.3) is 11.0 Å². The minimum Gasteiger partial charge on any atom is -0.497 e. The zero-order valence-corrected chi connectivity index (χ0v) is 16.4. The second-order valence-electron chi connectivity index (χ2n) is 6.88. The van der Waals surface area contributed by atoms with Crippen LogP contribution in [0.1, 0.15) is 18.1 Å². The Hall–Kier alpha value is -3.32. The number of methoxy groups -OCH3 is 1. The molecule has 1 aliphatic heterocycles. The van der Waals surface area contributed by atoms with Crippen molar-refractivity contribution in [3.63, 3.8) is 0 Å². The molecule has 1 unspecified atom stereocenters. The molecule has 2 aromatic carbocycles. The fourth-order valence-corrected chi connectivity index (χ4v) is 3.85. The van der Waals surface area contributed by atoms with E-state index in [2.05, 4.69) is 5.32 Å². The van der Waals surface area contributed by atoms with Crippen molar-refractivity contribution < 1.29 is 18.7 Å². The maximum absolute atomic E-state index is 13.2. The minimum atomic E-state index is -1.30. The summed E-state index contributed by atoms with van der Waals surface area (Å²) in [5.74, 6) is 0.0737. The summed E-state index contributed by atoms with van der Waals surface area (Å²) in [6.07, 6.45) is 0. The lowest BCUT2D eigenvalue weighted by molar-refractivity contribution is -0.131. The maximum atomic E-state index is 13.2. The number of imide groups is 1. The molecule has 0 aliphatic carbocycles. The molecular weight excluding hydrogens is 396 g/mol. The first-order valence-corrected chi connectivity index (χ1v) is 9.21. The molecule has 7 nitrogen and oxygen atoms in total. The number of urea groups is 1. The predicted octanol–water partition coefficient (Wildman–Crippen LogP) is 3.42. The zero-order chi connectivity index (χ0) is 20.8. The van der Waals surface area contributed by atoms with Gasteiger partial charge in [0.1, 0.15) is 16.9 Å². The van der Waals surface area contributed by atoms with Crippen LogP contribution in [0, 0.1) is 0 Å². The van der Waals surface area contributed by atoms with Gasteiger partial charge in [-0.1, -0.05) is 29.8 Å². The minimum absolute atomic E-state index is 0.0842. The lowest BCUT2D eigenvalue weighted by atomic mass is 9.92. The highest BCUT2D eigenvalue weighted by Crippen LogP contribution is 2.34. The van der Waals surface area contributed by atoms with Crippen molar-refractivity contribution in [3.05, 3.63) is 75.1 Å². The van der Waals surface area contributed by atoms with Gasteiger partial charge in [0, 0.05) is 28.1 Å². The van der Waals surface area contributed by atoms with E-state index in [4.69, 9.17) is 20.8 Å². The Kier molecular flexibility index (Phi) is 4.55. The van der Waals surface area contributed by atoms with Gasteiger partial charge in [-0.3, -0.25) is 9.69 Å².